The third-order valence-corrected chi connectivity index (χ3v) is 5.67. The van der Waals surface area contributed by atoms with Gasteiger partial charge in [-0.25, -0.2) is 0 Å². The molecule has 0 bridgehead atoms. The van der Waals surface area contributed by atoms with Gasteiger partial charge in [0.05, 0.1) is 6.61 Å². The van der Waals surface area contributed by atoms with E-state index >= 15 is 0 Å². The zero-order valence-electron chi connectivity index (χ0n) is 11.7. The maximum atomic E-state index is 5.49. The van der Waals surface area contributed by atoms with Gasteiger partial charge in [0.25, 0.3) is 0 Å². The van der Waals surface area contributed by atoms with E-state index in [4.69, 9.17) is 4.74 Å². The summed E-state index contributed by atoms with van der Waals surface area (Å²) in [6, 6.07) is 4.41. The molecule has 0 unspecified atom stereocenters. The van der Waals surface area contributed by atoms with Gasteiger partial charge < -0.3 is 10.1 Å². The number of ether oxygens (including phenoxy) is 1. The maximum absolute atomic E-state index is 5.49. The highest BCUT2D eigenvalue weighted by atomic mass is 32.1. The Labute approximate surface area is 119 Å². The molecule has 2 aliphatic heterocycles. The fraction of sp³-hybridized carbons (Fsp3) is 0.733. The summed E-state index contributed by atoms with van der Waals surface area (Å²) in [6.07, 6.45) is 2.62. The van der Waals surface area contributed by atoms with Crippen LogP contribution in [0.4, 0.5) is 0 Å². The quantitative estimate of drug-likeness (QED) is 0.915. The Morgan fingerprint density at radius 3 is 3.00 bits per heavy atom. The van der Waals surface area contributed by atoms with Gasteiger partial charge in [0.2, 0.25) is 0 Å². The Morgan fingerprint density at radius 1 is 1.47 bits per heavy atom. The number of hydrogen-bond acceptors (Lipinski definition) is 4. The third kappa shape index (κ3) is 2.87. The topological polar surface area (TPSA) is 24.5 Å². The molecule has 0 aliphatic carbocycles. The van der Waals surface area contributed by atoms with Gasteiger partial charge in [-0.15, -0.1) is 11.3 Å². The Morgan fingerprint density at radius 2 is 2.32 bits per heavy atom. The molecule has 3 nitrogen and oxygen atoms in total. The van der Waals surface area contributed by atoms with Crippen LogP contribution in [0.15, 0.2) is 17.5 Å². The van der Waals surface area contributed by atoms with Crippen molar-refractivity contribution in [2.75, 3.05) is 39.9 Å². The molecule has 0 amide bonds. The van der Waals surface area contributed by atoms with Gasteiger partial charge in [-0.2, -0.15) is 0 Å². The lowest BCUT2D eigenvalue weighted by atomic mass is 9.71. The van der Waals surface area contributed by atoms with Gasteiger partial charge in [0.1, 0.15) is 0 Å². The molecule has 2 fully saturated rings. The molecular weight excluding hydrogens is 256 g/mol. The van der Waals surface area contributed by atoms with Crippen molar-refractivity contribution in [3.63, 3.8) is 0 Å². The molecule has 4 heteroatoms. The van der Waals surface area contributed by atoms with Crippen LogP contribution in [0.5, 0.6) is 0 Å². The van der Waals surface area contributed by atoms with Crippen LogP contribution in [-0.2, 0) is 11.3 Å². The first-order valence-corrected chi connectivity index (χ1v) is 8.15. The van der Waals surface area contributed by atoms with E-state index in [0.717, 1.165) is 13.2 Å². The number of nitrogens with zero attached hydrogens (tertiary/aromatic N) is 1. The van der Waals surface area contributed by atoms with Crippen molar-refractivity contribution in [2.45, 2.75) is 19.4 Å². The molecule has 1 atom stereocenters. The minimum absolute atomic E-state index is 0.499. The van der Waals surface area contributed by atoms with E-state index in [9.17, 15) is 0 Å². The number of rotatable bonds is 4. The Balaban J connectivity index is 1.69. The molecule has 1 spiro atoms. The van der Waals surface area contributed by atoms with Crippen molar-refractivity contribution >= 4 is 11.3 Å². The minimum atomic E-state index is 0.499. The van der Waals surface area contributed by atoms with Gasteiger partial charge in [-0.1, -0.05) is 6.07 Å². The molecule has 2 aliphatic rings. The van der Waals surface area contributed by atoms with Crippen LogP contribution < -0.4 is 5.32 Å². The number of likely N-dealkylation sites (tertiary alicyclic amines) is 1. The van der Waals surface area contributed by atoms with E-state index in [1.54, 1.807) is 0 Å². The Hall–Kier alpha value is -0.420. The van der Waals surface area contributed by atoms with E-state index in [1.165, 1.54) is 43.9 Å². The molecule has 1 N–H and O–H groups in total. The van der Waals surface area contributed by atoms with Crippen LogP contribution in [0, 0.1) is 11.3 Å². The van der Waals surface area contributed by atoms with Crippen molar-refractivity contribution in [3.05, 3.63) is 22.4 Å². The van der Waals surface area contributed by atoms with Gasteiger partial charge in [-0.3, -0.25) is 4.90 Å². The van der Waals surface area contributed by atoms with Gasteiger partial charge >= 0.3 is 0 Å². The van der Waals surface area contributed by atoms with Crippen molar-refractivity contribution in [3.8, 4) is 0 Å². The van der Waals surface area contributed by atoms with Crippen LogP contribution in [0.25, 0.3) is 0 Å². The van der Waals surface area contributed by atoms with Crippen LogP contribution in [0.2, 0.25) is 0 Å². The maximum Gasteiger partial charge on any atom is 0.0508 e. The number of hydrogen-bond donors (Lipinski definition) is 1. The molecule has 1 aromatic heterocycles. The van der Waals surface area contributed by atoms with Crippen LogP contribution in [0.1, 0.15) is 17.7 Å². The van der Waals surface area contributed by atoms with Crippen LogP contribution in [-0.4, -0.2) is 44.8 Å². The highest BCUT2D eigenvalue weighted by Crippen LogP contribution is 2.43. The normalized spacial score (nSPS) is 27.1. The zero-order chi connectivity index (χ0) is 13.1. The minimum Gasteiger partial charge on any atom is -0.384 e. The van der Waals surface area contributed by atoms with Gasteiger partial charge in [0, 0.05) is 37.5 Å². The van der Waals surface area contributed by atoms with Crippen molar-refractivity contribution in [2.24, 2.45) is 11.3 Å². The highest BCUT2D eigenvalue weighted by molar-refractivity contribution is 7.09. The van der Waals surface area contributed by atoms with E-state index in [2.05, 4.69) is 27.7 Å². The summed E-state index contributed by atoms with van der Waals surface area (Å²) in [5.74, 6) is 0.708. The van der Waals surface area contributed by atoms with Gasteiger partial charge in [-0.05, 0) is 42.8 Å². The molecule has 0 saturated carbocycles. The van der Waals surface area contributed by atoms with Crippen LogP contribution in [0.3, 0.4) is 0 Å². The summed E-state index contributed by atoms with van der Waals surface area (Å²) in [4.78, 5) is 4.13. The van der Waals surface area contributed by atoms with Gasteiger partial charge in [0.15, 0.2) is 0 Å². The smallest absolute Gasteiger partial charge is 0.0508 e. The molecule has 3 rings (SSSR count). The second-order valence-electron chi connectivity index (χ2n) is 6.01. The highest BCUT2D eigenvalue weighted by Gasteiger charge is 2.46. The van der Waals surface area contributed by atoms with E-state index in [-0.39, 0.29) is 0 Å². The molecule has 0 radical (unpaired) electrons. The lowest BCUT2D eigenvalue weighted by Crippen LogP contribution is -2.43. The second kappa shape index (κ2) is 5.92. The fourth-order valence-corrected chi connectivity index (χ4v) is 4.56. The molecule has 106 valence electrons. The number of thiophene rings is 1. The molecule has 3 heterocycles. The SMILES string of the molecule is COC[C@H]1CN(Cc2cccs2)CC12CCNCC2. The summed E-state index contributed by atoms with van der Waals surface area (Å²) >= 11 is 1.87. The van der Waals surface area contributed by atoms with Crippen molar-refractivity contribution < 1.29 is 4.74 Å². The Bertz CT molecular complexity index is 387. The summed E-state index contributed by atoms with van der Waals surface area (Å²) in [6.45, 7) is 6.83. The number of methoxy groups -OCH3 is 1. The van der Waals surface area contributed by atoms with Crippen LogP contribution >= 0.6 is 11.3 Å². The summed E-state index contributed by atoms with van der Waals surface area (Å²) in [5.41, 5.74) is 0.499. The summed E-state index contributed by atoms with van der Waals surface area (Å²) in [5, 5.41) is 5.68. The second-order valence-corrected chi connectivity index (χ2v) is 7.05. The Kier molecular flexibility index (Phi) is 4.22. The van der Waals surface area contributed by atoms with Crippen molar-refractivity contribution in [1.82, 2.24) is 10.2 Å². The molecular formula is C15H24N2OS. The molecule has 1 aromatic rings. The standard InChI is InChI=1S/C15H24N2OS/c1-18-11-13-9-17(10-14-3-2-8-19-14)12-15(13)4-6-16-7-5-15/h2-3,8,13,16H,4-7,9-12H2,1H3/t13-/m1/s1. The first-order valence-electron chi connectivity index (χ1n) is 7.27. The zero-order valence-corrected chi connectivity index (χ0v) is 12.5. The van der Waals surface area contributed by atoms with E-state index < -0.39 is 0 Å². The predicted octanol–water partition coefficient (Wildman–Crippen LogP) is 2.20. The molecule has 19 heavy (non-hydrogen) atoms. The number of piperidine rings is 1. The average molecular weight is 280 g/mol. The monoisotopic (exact) mass is 280 g/mol. The molecule has 2 saturated heterocycles. The third-order valence-electron chi connectivity index (χ3n) is 4.81. The molecule has 0 aromatic carbocycles. The predicted molar refractivity (Wildman–Crippen MR) is 79.5 cm³/mol. The fourth-order valence-electron chi connectivity index (χ4n) is 3.81. The van der Waals surface area contributed by atoms with E-state index in [1.807, 2.05) is 18.4 Å². The number of nitrogens with one attached hydrogen (secondary N) is 1. The summed E-state index contributed by atoms with van der Waals surface area (Å²) < 4.78 is 5.49. The lowest BCUT2D eigenvalue weighted by Gasteiger charge is -2.38. The summed E-state index contributed by atoms with van der Waals surface area (Å²) in [7, 11) is 1.84. The first-order chi connectivity index (χ1) is 9.32. The lowest BCUT2D eigenvalue weighted by molar-refractivity contribution is 0.0716. The largest absolute Gasteiger partial charge is 0.384 e. The van der Waals surface area contributed by atoms with Crippen molar-refractivity contribution in [1.29, 1.82) is 0 Å². The van der Waals surface area contributed by atoms with E-state index in [0.29, 0.717) is 11.3 Å². The first kappa shape index (κ1) is 13.6. The average Bonchev–Trinajstić information content (AvgIpc) is 3.02.